The van der Waals surface area contributed by atoms with E-state index >= 15 is 0 Å². The van der Waals surface area contributed by atoms with Crippen molar-refractivity contribution in [1.82, 2.24) is 0 Å². The zero-order valence-electron chi connectivity index (χ0n) is 12.5. The Morgan fingerprint density at radius 2 is 2.10 bits per heavy atom. The first kappa shape index (κ1) is 16.8. The van der Waals surface area contributed by atoms with Crippen molar-refractivity contribution in [3.8, 4) is 0 Å². The highest BCUT2D eigenvalue weighted by Gasteiger charge is 2.17. The maximum absolute atomic E-state index is 11.7. The Morgan fingerprint density at radius 1 is 1.45 bits per heavy atom. The molecule has 0 aliphatic carbocycles. The van der Waals surface area contributed by atoms with Gasteiger partial charge in [-0.1, -0.05) is 17.7 Å². The number of hydrogen-bond acceptors (Lipinski definition) is 3. The second-order valence-corrected chi connectivity index (χ2v) is 6.36. The largest absolute Gasteiger partial charge is 0.444 e. The quantitative estimate of drug-likeness (QED) is 0.884. The number of nitrogens with one attached hydrogen (secondary N) is 1. The molecule has 1 amide bonds. The van der Waals surface area contributed by atoms with E-state index in [2.05, 4.69) is 5.32 Å². The third-order valence-electron chi connectivity index (χ3n) is 2.56. The maximum atomic E-state index is 11.7. The molecule has 0 saturated carbocycles. The Morgan fingerprint density at radius 3 is 2.60 bits per heavy atom. The van der Waals surface area contributed by atoms with Crippen LogP contribution in [-0.4, -0.2) is 17.7 Å². The van der Waals surface area contributed by atoms with Crippen LogP contribution in [0.25, 0.3) is 0 Å². The molecule has 1 atom stereocenters. The average molecular weight is 299 g/mol. The van der Waals surface area contributed by atoms with Gasteiger partial charge in [0.2, 0.25) is 0 Å². The Balaban J connectivity index is 2.66. The number of rotatable bonds is 4. The summed E-state index contributed by atoms with van der Waals surface area (Å²) in [7, 11) is 0. The van der Waals surface area contributed by atoms with E-state index in [0.29, 0.717) is 10.7 Å². The van der Waals surface area contributed by atoms with Crippen LogP contribution in [0.5, 0.6) is 0 Å². The Hall–Kier alpha value is -1.26. The van der Waals surface area contributed by atoms with Crippen molar-refractivity contribution >= 4 is 23.4 Å². The molecule has 4 nitrogen and oxygen atoms in total. The molecule has 0 saturated heterocycles. The third kappa shape index (κ3) is 6.26. The molecule has 1 unspecified atom stereocenters. The minimum Gasteiger partial charge on any atom is -0.444 e. The molecule has 0 heterocycles. The van der Waals surface area contributed by atoms with Gasteiger partial charge in [0, 0.05) is 6.04 Å². The summed E-state index contributed by atoms with van der Waals surface area (Å²) in [6.07, 6.45) is 1.25. The van der Waals surface area contributed by atoms with E-state index in [1.165, 1.54) is 0 Å². The van der Waals surface area contributed by atoms with Crippen LogP contribution in [0.1, 0.15) is 39.7 Å². The summed E-state index contributed by atoms with van der Waals surface area (Å²) in [6.45, 7) is 7.40. The molecule has 112 valence electrons. The van der Waals surface area contributed by atoms with Gasteiger partial charge in [-0.15, -0.1) is 0 Å². The van der Waals surface area contributed by atoms with Gasteiger partial charge in [0.1, 0.15) is 5.60 Å². The second-order valence-electron chi connectivity index (χ2n) is 5.96. The van der Waals surface area contributed by atoms with Crippen molar-refractivity contribution in [3.05, 3.63) is 28.8 Å². The Labute approximate surface area is 125 Å². The van der Waals surface area contributed by atoms with Gasteiger partial charge in [-0.05, 0) is 58.2 Å². The normalized spacial score (nSPS) is 12.9. The minimum atomic E-state index is -0.534. The van der Waals surface area contributed by atoms with Crippen molar-refractivity contribution in [2.45, 2.75) is 52.2 Å². The highest BCUT2D eigenvalue weighted by molar-refractivity contribution is 6.33. The predicted octanol–water partition coefficient (Wildman–Crippen LogP) is 3.97. The van der Waals surface area contributed by atoms with E-state index < -0.39 is 11.7 Å². The number of hydrogen-bond donors (Lipinski definition) is 2. The predicted molar refractivity (Wildman–Crippen MR) is 83.3 cm³/mol. The summed E-state index contributed by atoms with van der Waals surface area (Å²) in [5.74, 6) is 0. The Bertz CT molecular complexity index is 467. The zero-order valence-corrected chi connectivity index (χ0v) is 13.3. The summed E-state index contributed by atoms with van der Waals surface area (Å²) < 4.78 is 5.18. The first-order chi connectivity index (χ1) is 9.17. The highest BCUT2D eigenvalue weighted by atomic mass is 35.5. The summed E-state index contributed by atoms with van der Waals surface area (Å²) in [5, 5.41) is 3.14. The first-order valence-electron chi connectivity index (χ1n) is 6.71. The molecule has 0 fully saturated rings. The first-order valence-corrected chi connectivity index (χ1v) is 7.09. The SMILES string of the molecule is CC(N)CCc1ccc(NC(=O)OC(C)(C)C)c(Cl)c1. The van der Waals surface area contributed by atoms with Crippen LogP contribution in [0.4, 0.5) is 10.5 Å². The van der Waals surface area contributed by atoms with Crippen LogP contribution in [0, 0.1) is 0 Å². The molecule has 1 aromatic carbocycles. The molecular weight excluding hydrogens is 276 g/mol. The van der Waals surface area contributed by atoms with Gasteiger partial charge in [0.25, 0.3) is 0 Å². The number of halogens is 1. The van der Waals surface area contributed by atoms with Crippen molar-refractivity contribution in [1.29, 1.82) is 0 Å². The van der Waals surface area contributed by atoms with Crippen LogP contribution in [0.2, 0.25) is 5.02 Å². The molecule has 1 rings (SSSR count). The molecule has 0 bridgehead atoms. The number of amides is 1. The lowest BCUT2D eigenvalue weighted by Crippen LogP contribution is -2.27. The summed E-state index contributed by atoms with van der Waals surface area (Å²) in [4.78, 5) is 11.7. The number of nitrogens with two attached hydrogens (primary N) is 1. The molecule has 0 aromatic heterocycles. The summed E-state index contributed by atoms with van der Waals surface area (Å²) in [6, 6.07) is 5.72. The van der Waals surface area contributed by atoms with E-state index in [9.17, 15) is 4.79 Å². The van der Waals surface area contributed by atoms with E-state index in [-0.39, 0.29) is 6.04 Å². The lowest BCUT2D eigenvalue weighted by Gasteiger charge is -2.20. The maximum Gasteiger partial charge on any atom is 0.412 e. The van der Waals surface area contributed by atoms with Crippen molar-refractivity contribution in [2.75, 3.05) is 5.32 Å². The fourth-order valence-corrected chi connectivity index (χ4v) is 1.87. The molecule has 20 heavy (non-hydrogen) atoms. The molecule has 1 aromatic rings. The van der Waals surface area contributed by atoms with Crippen molar-refractivity contribution in [2.24, 2.45) is 5.73 Å². The van der Waals surface area contributed by atoms with Gasteiger partial charge >= 0.3 is 6.09 Å². The molecule has 0 spiro atoms. The van der Waals surface area contributed by atoms with Crippen LogP contribution in [-0.2, 0) is 11.2 Å². The lowest BCUT2D eigenvalue weighted by molar-refractivity contribution is 0.0636. The standard InChI is InChI=1S/C15H23ClN2O2/c1-10(17)5-6-11-7-8-13(12(16)9-11)18-14(19)20-15(2,3)4/h7-10H,5-6,17H2,1-4H3,(H,18,19). The van der Waals surface area contributed by atoms with Gasteiger partial charge in [-0.2, -0.15) is 0 Å². The smallest absolute Gasteiger partial charge is 0.412 e. The van der Waals surface area contributed by atoms with Crippen LogP contribution < -0.4 is 11.1 Å². The number of anilines is 1. The minimum absolute atomic E-state index is 0.161. The van der Waals surface area contributed by atoms with Crippen LogP contribution in [0.15, 0.2) is 18.2 Å². The second kappa shape index (κ2) is 6.95. The van der Waals surface area contributed by atoms with E-state index in [4.69, 9.17) is 22.1 Å². The average Bonchev–Trinajstić information content (AvgIpc) is 2.27. The van der Waals surface area contributed by atoms with Gasteiger partial charge in [0.15, 0.2) is 0 Å². The third-order valence-corrected chi connectivity index (χ3v) is 2.87. The topological polar surface area (TPSA) is 64.3 Å². The van der Waals surface area contributed by atoms with Crippen LogP contribution >= 0.6 is 11.6 Å². The number of carbonyl (C=O) groups excluding carboxylic acids is 1. The number of carbonyl (C=O) groups is 1. The number of benzene rings is 1. The van der Waals surface area contributed by atoms with E-state index in [1.54, 1.807) is 6.07 Å². The molecule has 3 N–H and O–H groups in total. The molecule has 0 aliphatic rings. The monoisotopic (exact) mass is 298 g/mol. The molecule has 5 heteroatoms. The van der Waals surface area contributed by atoms with Crippen LogP contribution in [0.3, 0.4) is 0 Å². The number of ether oxygens (including phenoxy) is 1. The van der Waals surface area contributed by atoms with Crippen molar-refractivity contribution in [3.63, 3.8) is 0 Å². The molecule has 0 aliphatic heterocycles. The fraction of sp³-hybridized carbons (Fsp3) is 0.533. The van der Waals surface area contributed by atoms with Gasteiger partial charge in [-0.3, -0.25) is 5.32 Å². The fourth-order valence-electron chi connectivity index (χ4n) is 1.62. The van der Waals surface area contributed by atoms with E-state index in [0.717, 1.165) is 18.4 Å². The zero-order chi connectivity index (χ0) is 15.3. The number of aryl methyl sites for hydroxylation is 1. The van der Waals surface area contributed by atoms with Gasteiger partial charge in [0.05, 0.1) is 10.7 Å². The van der Waals surface area contributed by atoms with Gasteiger partial charge < -0.3 is 10.5 Å². The Kier molecular flexibility index (Phi) is 5.84. The summed E-state index contributed by atoms with van der Waals surface area (Å²) in [5.41, 5.74) is 6.84. The van der Waals surface area contributed by atoms with Gasteiger partial charge in [-0.25, -0.2) is 4.79 Å². The lowest BCUT2D eigenvalue weighted by atomic mass is 10.1. The van der Waals surface area contributed by atoms with Crippen molar-refractivity contribution < 1.29 is 9.53 Å². The molecule has 0 radical (unpaired) electrons. The summed E-state index contributed by atoms with van der Waals surface area (Å²) >= 11 is 6.16. The highest BCUT2D eigenvalue weighted by Crippen LogP contribution is 2.24. The van der Waals surface area contributed by atoms with E-state index in [1.807, 2.05) is 39.8 Å². The molecular formula is C15H23ClN2O2.